The normalized spacial score (nSPS) is 10.7. The molecular weight excluding hydrogens is 256 g/mol. The second kappa shape index (κ2) is 6.85. The fourth-order valence-corrected chi connectivity index (χ4v) is 1.86. The molecule has 1 heterocycles. The van der Waals surface area contributed by atoms with Crippen LogP contribution in [0, 0.1) is 11.3 Å². The first-order chi connectivity index (χ1) is 9.38. The lowest BCUT2D eigenvalue weighted by atomic mass is 10.2. The van der Waals surface area contributed by atoms with Crippen molar-refractivity contribution in [2.75, 3.05) is 11.4 Å². The Morgan fingerprint density at radius 1 is 1.45 bits per heavy atom. The molecule has 0 aliphatic carbocycles. The van der Waals surface area contributed by atoms with Gasteiger partial charge in [0.2, 0.25) is 0 Å². The van der Waals surface area contributed by atoms with Crippen LogP contribution < -0.4 is 4.90 Å². The van der Waals surface area contributed by atoms with E-state index in [0.29, 0.717) is 24.5 Å². The van der Waals surface area contributed by atoms with E-state index in [9.17, 15) is 9.90 Å². The molecule has 1 rings (SSSR count). The smallest absolute Gasteiger partial charge is 0.356 e. The van der Waals surface area contributed by atoms with Gasteiger partial charge in [-0.2, -0.15) is 5.26 Å². The Kier molecular flexibility index (Phi) is 5.44. The van der Waals surface area contributed by atoms with Crippen molar-refractivity contribution in [1.82, 2.24) is 9.97 Å². The predicted molar refractivity (Wildman–Crippen MR) is 75.8 cm³/mol. The van der Waals surface area contributed by atoms with Gasteiger partial charge in [0.05, 0.1) is 24.4 Å². The Labute approximate surface area is 119 Å². The van der Waals surface area contributed by atoms with Crippen LogP contribution in [0.15, 0.2) is 6.20 Å². The molecule has 0 atom stereocenters. The molecule has 0 spiro atoms. The minimum absolute atomic E-state index is 0.00432. The summed E-state index contributed by atoms with van der Waals surface area (Å²) >= 11 is 0. The van der Waals surface area contributed by atoms with Crippen molar-refractivity contribution < 1.29 is 9.90 Å². The molecule has 6 nitrogen and oxygen atoms in total. The molecule has 6 heteroatoms. The molecule has 0 aliphatic rings. The quantitative estimate of drug-likeness (QED) is 0.858. The highest BCUT2D eigenvalue weighted by Crippen LogP contribution is 2.22. The van der Waals surface area contributed by atoms with Gasteiger partial charge in [0.1, 0.15) is 5.82 Å². The van der Waals surface area contributed by atoms with E-state index < -0.39 is 5.97 Å². The zero-order chi connectivity index (χ0) is 15.3. The lowest BCUT2D eigenvalue weighted by Crippen LogP contribution is -2.33. The maximum atomic E-state index is 11.4. The summed E-state index contributed by atoms with van der Waals surface area (Å²) in [7, 11) is 0. The third-order valence-corrected chi connectivity index (χ3v) is 2.90. The number of carboxylic acids is 1. The molecule has 0 unspecified atom stereocenters. The van der Waals surface area contributed by atoms with Gasteiger partial charge in [-0.15, -0.1) is 0 Å². The highest BCUT2D eigenvalue weighted by molar-refractivity contribution is 5.92. The predicted octanol–water partition coefficient (Wildman–Crippen LogP) is 2.43. The molecule has 0 fully saturated rings. The van der Waals surface area contributed by atoms with Crippen LogP contribution in [-0.2, 0) is 0 Å². The highest BCUT2D eigenvalue weighted by Gasteiger charge is 2.21. The number of carboxylic acid groups (broad SMARTS) is 1. The van der Waals surface area contributed by atoms with Crippen molar-refractivity contribution in [3.05, 3.63) is 17.7 Å². The number of nitrogens with zero attached hydrogens (tertiary/aromatic N) is 4. The molecule has 0 aliphatic heterocycles. The average Bonchev–Trinajstić information content (AvgIpc) is 2.38. The summed E-state index contributed by atoms with van der Waals surface area (Å²) in [5.74, 6) is -0.504. The van der Waals surface area contributed by atoms with Gasteiger partial charge >= 0.3 is 5.97 Å². The van der Waals surface area contributed by atoms with Gasteiger partial charge in [0, 0.05) is 18.5 Å². The summed E-state index contributed by atoms with van der Waals surface area (Å²) < 4.78 is 0. The monoisotopic (exact) mass is 276 g/mol. The van der Waals surface area contributed by atoms with Crippen molar-refractivity contribution in [3.8, 4) is 6.07 Å². The van der Waals surface area contributed by atoms with Crippen molar-refractivity contribution in [1.29, 1.82) is 5.26 Å². The lowest BCUT2D eigenvalue weighted by Gasteiger charge is -2.28. The number of anilines is 1. The molecular formula is C14H20N4O2. The van der Waals surface area contributed by atoms with E-state index in [1.807, 2.05) is 32.6 Å². The molecule has 0 bridgehead atoms. The second-order valence-electron chi connectivity index (χ2n) is 5.12. The first kappa shape index (κ1) is 15.9. The number of carbonyl (C=O) groups is 1. The Bertz CT molecular complexity index is 520. The maximum Gasteiger partial charge on any atom is 0.356 e. The van der Waals surface area contributed by atoms with Crippen LogP contribution in [0.5, 0.6) is 0 Å². The molecule has 0 saturated heterocycles. The Morgan fingerprint density at radius 2 is 2.10 bits per heavy atom. The van der Waals surface area contributed by atoms with E-state index in [0.717, 1.165) is 0 Å². The minimum Gasteiger partial charge on any atom is -0.476 e. The SMILES string of the molecule is CC(C)c1ncc(N(CCC#N)C(C)C)c(C(=O)O)n1. The molecule has 20 heavy (non-hydrogen) atoms. The Morgan fingerprint density at radius 3 is 2.55 bits per heavy atom. The van der Waals surface area contributed by atoms with Gasteiger partial charge in [-0.3, -0.25) is 0 Å². The van der Waals surface area contributed by atoms with E-state index in [-0.39, 0.29) is 17.7 Å². The molecule has 0 saturated carbocycles. The van der Waals surface area contributed by atoms with Crippen LogP contribution >= 0.6 is 0 Å². The first-order valence-corrected chi connectivity index (χ1v) is 6.62. The topological polar surface area (TPSA) is 90.1 Å². The lowest BCUT2D eigenvalue weighted by molar-refractivity contribution is 0.0690. The molecule has 1 aromatic heterocycles. The maximum absolute atomic E-state index is 11.4. The molecule has 0 radical (unpaired) electrons. The van der Waals surface area contributed by atoms with Crippen LogP contribution in [0.1, 0.15) is 56.3 Å². The Balaban J connectivity index is 3.27. The second-order valence-corrected chi connectivity index (χ2v) is 5.12. The van der Waals surface area contributed by atoms with Crippen molar-refractivity contribution in [2.24, 2.45) is 0 Å². The number of rotatable bonds is 6. The van der Waals surface area contributed by atoms with Crippen molar-refractivity contribution in [2.45, 2.75) is 46.1 Å². The summed E-state index contributed by atoms with van der Waals surface area (Å²) in [5.41, 5.74) is 0.461. The fraction of sp³-hybridized carbons (Fsp3) is 0.571. The summed E-state index contributed by atoms with van der Waals surface area (Å²) in [6.45, 7) is 8.17. The largest absolute Gasteiger partial charge is 0.476 e. The zero-order valence-corrected chi connectivity index (χ0v) is 12.3. The molecule has 0 aromatic carbocycles. The van der Waals surface area contributed by atoms with Gasteiger partial charge in [-0.25, -0.2) is 14.8 Å². The minimum atomic E-state index is -1.08. The third kappa shape index (κ3) is 3.67. The molecule has 1 aromatic rings. The van der Waals surface area contributed by atoms with Crippen molar-refractivity contribution >= 4 is 11.7 Å². The summed E-state index contributed by atoms with van der Waals surface area (Å²) in [5, 5.41) is 18.1. The van der Waals surface area contributed by atoms with E-state index in [1.165, 1.54) is 0 Å². The van der Waals surface area contributed by atoms with Gasteiger partial charge in [0.15, 0.2) is 5.69 Å². The number of hydrogen-bond acceptors (Lipinski definition) is 5. The summed E-state index contributed by atoms with van der Waals surface area (Å²) in [6.07, 6.45) is 1.87. The van der Waals surface area contributed by atoms with E-state index >= 15 is 0 Å². The third-order valence-electron chi connectivity index (χ3n) is 2.90. The summed E-state index contributed by atoms with van der Waals surface area (Å²) in [4.78, 5) is 21.6. The Hall–Kier alpha value is -2.16. The molecule has 0 amide bonds. The number of hydrogen-bond donors (Lipinski definition) is 1. The highest BCUT2D eigenvalue weighted by atomic mass is 16.4. The van der Waals surface area contributed by atoms with Crippen LogP contribution in [0.3, 0.4) is 0 Å². The summed E-state index contributed by atoms with van der Waals surface area (Å²) in [6, 6.07) is 2.14. The molecule has 1 N–H and O–H groups in total. The van der Waals surface area contributed by atoms with Crippen molar-refractivity contribution in [3.63, 3.8) is 0 Å². The van der Waals surface area contributed by atoms with Gasteiger partial charge < -0.3 is 10.0 Å². The fourth-order valence-electron chi connectivity index (χ4n) is 1.86. The number of nitriles is 1. The van der Waals surface area contributed by atoms with E-state index in [1.54, 1.807) is 6.20 Å². The van der Waals surface area contributed by atoms with Crippen LogP contribution in [0.4, 0.5) is 5.69 Å². The van der Waals surface area contributed by atoms with E-state index in [4.69, 9.17) is 5.26 Å². The average molecular weight is 276 g/mol. The van der Waals surface area contributed by atoms with Gasteiger partial charge in [-0.05, 0) is 13.8 Å². The van der Waals surface area contributed by atoms with Crippen LogP contribution in [-0.4, -0.2) is 33.6 Å². The van der Waals surface area contributed by atoms with Gasteiger partial charge in [0.25, 0.3) is 0 Å². The van der Waals surface area contributed by atoms with Gasteiger partial charge in [-0.1, -0.05) is 13.8 Å². The standard InChI is InChI=1S/C14H20N4O2/c1-9(2)13-16-8-11(12(17-13)14(19)20)18(10(3)4)7-5-6-15/h8-10H,5,7H2,1-4H3,(H,19,20). The van der Waals surface area contributed by atoms with Crippen LogP contribution in [0.25, 0.3) is 0 Å². The van der Waals surface area contributed by atoms with Crippen LogP contribution in [0.2, 0.25) is 0 Å². The van der Waals surface area contributed by atoms with E-state index in [2.05, 4.69) is 16.0 Å². The number of aromatic carboxylic acids is 1. The first-order valence-electron chi connectivity index (χ1n) is 6.62. The molecule has 108 valence electrons. The number of aromatic nitrogens is 2. The zero-order valence-electron chi connectivity index (χ0n) is 12.3.